The molecule has 6 heteroatoms. The first-order valence-electron chi connectivity index (χ1n) is 6.97. The fraction of sp³-hybridized carbons (Fsp3) is 0.571. The average molecular weight is 279 g/mol. The van der Waals surface area contributed by atoms with Crippen molar-refractivity contribution in [1.82, 2.24) is 0 Å². The van der Waals surface area contributed by atoms with Crippen LogP contribution in [0.5, 0.6) is 5.75 Å². The highest BCUT2D eigenvalue weighted by Gasteiger charge is 2.32. The van der Waals surface area contributed by atoms with Crippen LogP contribution >= 0.6 is 0 Å². The fourth-order valence-electron chi connectivity index (χ4n) is 2.18. The molecule has 0 aliphatic heterocycles. The van der Waals surface area contributed by atoms with E-state index in [2.05, 4.69) is 5.32 Å². The maximum Gasteiger partial charge on any atom is 0.275 e. The van der Waals surface area contributed by atoms with Crippen molar-refractivity contribution in [1.29, 1.82) is 0 Å². The summed E-state index contributed by atoms with van der Waals surface area (Å²) in [6.45, 7) is 3.16. The predicted octanol–water partition coefficient (Wildman–Crippen LogP) is 2.68. The lowest BCUT2D eigenvalue weighted by molar-refractivity contribution is -0.384. The van der Waals surface area contributed by atoms with Crippen LogP contribution in [-0.4, -0.2) is 23.6 Å². The number of nitrogens with two attached hydrogens (primary N) is 1. The van der Waals surface area contributed by atoms with Crippen LogP contribution in [0.15, 0.2) is 18.2 Å². The Labute approximate surface area is 118 Å². The number of nitro benzene ring substituents is 1. The van der Waals surface area contributed by atoms with Crippen molar-refractivity contribution in [3.8, 4) is 5.75 Å². The predicted molar refractivity (Wildman–Crippen MR) is 78.1 cm³/mol. The molecule has 6 nitrogen and oxygen atoms in total. The lowest BCUT2D eigenvalue weighted by atomic mass is 9.78. The summed E-state index contributed by atoms with van der Waals surface area (Å²) in [6, 6.07) is 4.74. The Morgan fingerprint density at radius 3 is 2.75 bits per heavy atom. The molecule has 0 spiro atoms. The molecule has 1 aliphatic carbocycles. The molecule has 0 saturated heterocycles. The molecule has 0 heterocycles. The molecule has 110 valence electrons. The number of hydrogen-bond donors (Lipinski definition) is 2. The van der Waals surface area contributed by atoms with Crippen molar-refractivity contribution < 1.29 is 9.66 Å². The van der Waals surface area contributed by atoms with E-state index in [-0.39, 0.29) is 11.2 Å². The second kappa shape index (κ2) is 6.09. The summed E-state index contributed by atoms with van der Waals surface area (Å²) in [7, 11) is 0. The van der Waals surface area contributed by atoms with Crippen LogP contribution in [0.2, 0.25) is 0 Å². The Hall–Kier alpha value is -1.82. The van der Waals surface area contributed by atoms with E-state index >= 15 is 0 Å². The van der Waals surface area contributed by atoms with Gasteiger partial charge < -0.3 is 15.8 Å². The molecule has 0 bridgehead atoms. The summed E-state index contributed by atoms with van der Waals surface area (Å²) < 4.78 is 5.48. The van der Waals surface area contributed by atoms with E-state index in [4.69, 9.17) is 10.5 Å². The molecule has 2 rings (SSSR count). The molecule has 20 heavy (non-hydrogen) atoms. The van der Waals surface area contributed by atoms with Crippen LogP contribution in [-0.2, 0) is 0 Å². The summed E-state index contributed by atoms with van der Waals surface area (Å²) in [6.07, 6.45) is 4.00. The summed E-state index contributed by atoms with van der Waals surface area (Å²) in [4.78, 5) is 10.5. The molecule has 0 radical (unpaired) electrons. The van der Waals surface area contributed by atoms with E-state index in [0.717, 1.165) is 25.7 Å². The van der Waals surface area contributed by atoms with Gasteiger partial charge >= 0.3 is 0 Å². The minimum atomic E-state index is -0.411. The first kappa shape index (κ1) is 14.6. The van der Waals surface area contributed by atoms with Gasteiger partial charge in [-0.05, 0) is 25.7 Å². The number of hydrogen-bond acceptors (Lipinski definition) is 5. The van der Waals surface area contributed by atoms with Crippen molar-refractivity contribution in [2.45, 2.75) is 38.1 Å². The highest BCUT2D eigenvalue weighted by atomic mass is 16.6. The van der Waals surface area contributed by atoms with Crippen molar-refractivity contribution in [2.75, 3.05) is 18.5 Å². The molecular weight excluding hydrogens is 258 g/mol. The third-order valence-corrected chi connectivity index (χ3v) is 3.57. The quantitative estimate of drug-likeness (QED) is 0.591. The van der Waals surface area contributed by atoms with Crippen LogP contribution in [0.3, 0.4) is 0 Å². The second-order valence-electron chi connectivity index (χ2n) is 5.39. The van der Waals surface area contributed by atoms with E-state index in [1.807, 2.05) is 6.92 Å². The number of nitrogens with zero attached hydrogens (tertiary/aromatic N) is 1. The van der Waals surface area contributed by atoms with Gasteiger partial charge in [-0.15, -0.1) is 0 Å². The van der Waals surface area contributed by atoms with Crippen LogP contribution in [0.1, 0.15) is 32.6 Å². The number of ether oxygens (including phenoxy) is 1. The van der Waals surface area contributed by atoms with Crippen molar-refractivity contribution in [3.63, 3.8) is 0 Å². The molecule has 1 aromatic carbocycles. The normalized spacial score (nSPS) is 16.3. The summed E-state index contributed by atoms with van der Waals surface area (Å²) in [5.41, 5.74) is 6.68. The van der Waals surface area contributed by atoms with Gasteiger partial charge in [-0.3, -0.25) is 10.1 Å². The number of nitro groups is 1. The number of rotatable bonds is 7. The van der Waals surface area contributed by atoms with Gasteiger partial charge in [-0.2, -0.15) is 0 Å². The summed E-state index contributed by atoms with van der Waals surface area (Å²) in [5, 5.41) is 14.1. The van der Waals surface area contributed by atoms with E-state index in [9.17, 15) is 10.1 Å². The first-order valence-corrected chi connectivity index (χ1v) is 6.97. The van der Waals surface area contributed by atoms with Crippen LogP contribution in [0.25, 0.3) is 0 Å². The second-order valence-corrected chi connectivity index (χ2v) is 5.39. The molecule has 0 atom stereocenters. The standard InChI is InChI=1S/C14H21N3O3/c1-2-6-20-13-8-11(7-12(9-13)17(18)19)16-10-14(15)4-3-5-14/h7-9,16H,2-6,10,15H2,1H3. The fourth-order valence-corrected chi connectivity index (χ4v) is 2.18. The molecular formula is C14H21N3O3. The van der Waals surface area contributed by atoms with E-state index in [1.165, 1.54) is 12.1 Å². The molecule has 1 fully saturated rings. The number of nitrogens with one attached hydrogen (secondary N) is 1. The van der Waals surface area contributed by atoms with Gasteiger partial charge in [-0.25, -0.2) is 0 Å². The van der Waals surface area contributed by atoms with Crippen LogP contribution in [0, 0.1) is 10.1 Å². The Morgan fingerprint density at radius 1 is 1.45 bits per heavy atom. The molecule has 3 N–H and O–H groups in total. The third kappa shape index (κ3) is 3.60. The highest BCUT2D eigenvalue weighted by molar-refractivity contribution is 5.56. The molecule has 0 unspecified atom stereocenters. The lowest BCUT2D eigenvalue weighted by Crippen LogP contribution is -2.51. The van der Waals surface area contributed by atoms with Crippen LogP contribution < -0.4 is 15.8 Å². The van der Waals surface area contributed by atoms with E-state index in [1.54, 1.807) is 6.07 Å². The zero-order valence-electron chi connectivity index (χ0n) is 11.7. The van der Waals surface area contributed by atoms with Crippen molar-refractivity contribution in [2.24, 2.45) is 5.73 Å². The SMILES string of the molecule is CCCOc1cc(NCC2(N)CCC2)cc([N+](=O)[O-])c1. The van der Waals surface area contributed by atoms with Crippen LogP contribution in [0.4, 0.5) is 11.4 Å². The minimum Gasteiger partial charge on any atom is -0.493 e. The monoisotopic (exact) mass is 279 g/mol. The maximum atomic E-state index is 10.9. The van der Waals surface area contributed by atoms with Crippen molar-refractivity contribution in [3.05, 3.63) is 28.3 Å². The molecule has 1 aromatic rings. The lowest BCUT2D eigenvalue weighted by Gasteiger charge is -2.38. The number of non-ortho nitro benzene ring substituents is 1. The molecule has 1 saturated carbocycles. The zero-order chi connectivity index (χ0) is 14.6. The van der Waals surface area contributed by atoms with Gasteiger partial charge in [0.05, 0.1) is 17.6 Å². The van der Waals surface area contributed by atoms with E-state index < -0.39 is 4.92 Å². The Balaban J connectivity index is 2.09. The Kier molecular flexibility index (Phi) is 4.44. The third-order valence-electron chi connectivity index (χ3n) is 3.57. The Bertz CT molecular complexity index is 487. The van der Waals surface area contributed by atoms with Gasteiger partial charge in [0.25, 0.3) is 5.69 Å². The zero-order valence-corrected chi connectivity index (χ0v) is 11.7. The molecule has 0 aromatic heterocycles. The van der Waals surface area contributed by atoms with Gasteiger partial charge in [0.15, 0.2) is 0 Å². The van der Waals surface area contributed by atoms with Gasteiger partial charge in [0.2, 0.25) is 0 Å². The summed E-state index contributed by atoms with van der Waals surface area (Å²) in [5.74, 6) is 0.517. The topological polar surface area (TPSA) is 90.4 Å². The van der Waals surface area contributed by atoms with Gasteiger partial charge in [-0.1, -0.05) is 6.92 Å². The smallest absolute Gasteiger partial charge is 0.275 e. The minimum absolute atomic E-state index is 0.0285. The first-order chi connectivity index (χ1) is 9.52. The molecule has 1 aliphatic rings. The van der Waals surface area contributed by atoms with E-state index in [0.29, 0.717) is 24.6 Å². The largest absolute Gasteiger partial charge is 0.493 e. The highest BCUT2D eigenvalue weighted by Crippen LogP contribution is 2.31. The summed E-state index contributed by atoms with van der Waals surface area (Å²) >= 11 is 0. The average Bonchev–Trinajstić information content (AvgIpc) is 2.40. The number of anilines is 1. The maximum absolute atomic E-state index is 10.9. The number of benzene rings is 1. The Morgan fingerprint density at radius 2 is 2.20 bits per heavy atom. The van der Waals surface area contributed by atoms with Gasteiger partial charge in [0, 0.05) is 29.9 Å². The molecule has 0 amide bonds. The van der Waals surface area contributed by atoms with Gasteiger partial charge in [0.1, 0.15) is 5.75 Å². The van der Waals surface area contributed by atoms with Crippen molar-refractivity contribution >= 4 is 11.4 Å².